The number of rotatable bonds is 2. The number of hydrogen-bond acceptors (Lipinski definition) is 1. The van der Waals surface area contributed by atoms with E-state index in [1.165, 1.54) is 19.1 Å². The molecule has 1 unspecified atom stereocenters. The average Bonchev–Trinajstić information content (AvgIpc) is 2.01. The molecule has 1 atom stereocenters. The third-order valence-electron chi connectivity index (χ3n) is 1.93. The summed E-state index contributed by atoms with van der Waals surface area (Å²) in [5.74, 6) is -3.04. The second kappa shape index (κ2) is 3.83. The van der Waals surface area contributed by atoms with Gasteiger partial charge in [0.15, 0.2) is 0 Å². The highest BCUT2D eigenvalue weighted by atomic mass is 35.5. The second-order valence-electron chi connectivity index (χ2n) is 3.27. The summed E-state index contributed by atoms with van der Waals surface area (Å²) in [4.78, 5) is 0. The first-order valence-corrected chi connectivity index (χ1v) is 4.56. The number of aliphatic hydroxyl groups excluding tert-OH is 1. The van der Waals surface area contributed by atoms with Crippen molar-refractivity contribution in [3.8, 4) is 0 Å². The fraction of sp³-hybridized carbons (Fsp3) is 0.400. The second-order valence-corrected chi connectivity index (χ2v) is 3.68. The first-order chi connectivity index (χ1) is 6.34. The smallest absolute Gasteiger partial charge is 0.272 e. The van der Waals surface area contributed by atoms with Gasteiger partial charge in [-0.25, -0.2) is 8.78 Å². The van der Waals surface area contributed by atoms with E-state index in [-0.39, 0.29) is 16.1 Å². The van der Waals surface area contributed by atoms with Crippen LogP contribution in [0, 0.1) is 0 Å². The molecule has 0 saturated heterocycles. The van der Waals surface area contributed by atoms with Gasteiger partial charge < -0.3 is 5.11 Å². The predicted molar refractivity (Wildman–Crippen MR) is 51.7 cm³/mol. The lowest BCUT2D eigenvalue weighted by Gasteiger charge is -2.18. The highest BCUT2D eigenvalue weighted by Gasteiger charge is 2.31. The van der Waals surface area contributed by atoms with Crippen molar-refractivity contribution >= 4 is 11.6 Å². The predicted octanol–water partition coefficient (Wildman–Crippen LogP) is 3.51. The average molecular weight is 221 g/mol. The Morgan fingerprint density at radius 3 is 2.36 bits per heavy atom. The first kappa shape index (κ1) is 11.4. The lowest BCUT2D eigenvalue weighted by Crippen LogP contribution is -2.13. The number of alkyl halides is 2. The third kappa shape index (κ3) is 2.22. The monoisotopic (exact) mass is 220 g/mol. The fourth-order valence-electron chi connectivity index (χ4n) is 1.35. The highest BCUT2D eigenvalue weighted by molar-refractivity contribution is 6.31. The van der Waals surface area contributed by atoms with E-state index in [9.17, 15) is 13.9 Å². The van der Waals surface area contributed by atoms with Crippen LogP contribution in [0.5, 0.6) is 0 Å². The quantitative estimate of drug-likeness (QED) is 0.809. The molecular weight excluding hydrogens is 210 g/mol. The summed E-state index contributed by atoms with van der Waals surface area (Å²) in [6.45, 7) is 2.20. The molecule has 1 aromatic rings. The maximum atomic E-state index is 13.1. The van der Waals surface area contributed by atoms with Crippen molar-refractivity contribution in [2.45, 2.75) is 25.9 Å². The van der Waals surface area contributed by atoms with Gasteiger partial charge >= 0.3 is 0 Å². The molecule has 4 heteroatoms. The Hall–Kier alpha value is -0.670. The maximum absolute atomic E-state index is 13.1. The molecule has 1 rings (SSSR count). The number of benzene rings is 1. The van der Waals surface area contributed by atoms with E-state index in [2.05, 4.69) is 0 Å². The van der Waals surface area contributed by atoms with E-state index in [4.69, 9.17) is 11.6 Å². The van der Waals surface area contributed by atoms with Crippen LogP contribution in [0.1, 0.15) is 31.1 Å². The Bertz CT molecular complexity index is 331. The molecule has 0 saturated carbocycles. The van der Waals surface area contributed by atoms with Gasteiger partial charge in [0.1, 0.15) is 0 Å². The largest absolute Gasteiger partial charge is 0.389 e. The molecule has 0 bridgehead atoms. The minimum absolute atomic E-state index is 0.0177. The van der Waals surface area contributed by atoms with E-state index in [0.29, 0.717) is 0 Å². The van der Waals surface area contributed by atoms with Crippen LogP contribution in [0.25, 0.3) is 0 Å². The van der Waals surface area contributed by atoms with Gasteiger partial charge in [-0.1, -0.05) is 23.7 Å². The van der Waals surface area contributed by atoms with Crippen molar-refractivity contribution in [2.75, 3.05) is 0 Å². The van der Waals surface area contributed by atoms with Crippen LogP contribution in [0.2, 0.25) is 5.02 Å². The van der Waals surface area contributed by atoms with Gasteiger partial charge in [-0.05, 0) is 18.6 Å². The van der Waals surface area contributed by atoms with Crippen molar-refractivity contribution in [3.63, 3.8) is 0 Å². The van der Waals surface area contributed by atoms with Crippen LogP contribution in [-0.2, 0) is 5.92 Å². The molecule has 0 aliphatic heterocycles. The van der Waals surface area contributed by atoms with Crippen molar-refractivity contribution in [3.05, 3.63) is 34.3 Å². The molecule has 0 aliphatic carbocycles. The molecule has 0 amide bonds. The van der Waals surface area contributed by atoms with Crippen molar-refractivity contribution < 1.29 is 13.9 Å². The van der Waals surface area contributed by atoms with E-state index in [1.807, 2.05) is 0 Å². The van der Waals surface area contributed by atoms with Crippen molar-refractivity contribution in [1.82, 2.24) is 0 Å². The normalized spacial score (nSPS) is 14.1. The third-order valence-corrected chi connectivity index (χ3v) is 2.25. The Balaban J connectivity index is 3.38. The van der Waals surface area contributed by atoms with E-state index in [0.717, 1.165) is 6.92 Å². The van der Waals surface area contributed by atoms with Crippen LogP contribution in [-0.4, -0.2) is 5.11 Å². The van der Waals surface area contributed by atoms with Crippen LogP contribution in [0.4, 0.5) is 8.78 Å². The van der Waals surface area contributed by atoms with Gasteiger partial charge in [0, 0.05) is 12.5 Å². The molecule has 14 heavy (non-hydrogen) atoms. The Morgan fingerprint density at radius 2 is 2.00 bits per heavy atom. The van der Waals surface area contributed by atoms with Crippen LogP contribution in [0.3, 0.4) is 0 Å². The molecule has 1 aromatic carbocycles. The summed E-state index contributed by atoms with van der Waals surface area (Å²) < 4.78 is 26.3. The standard InChI is InChI=1S/C10H11ClF2O/c1-6(14)7-4-3-5-8(11)9(7)10(2,12)13/h3-6,14H,1-2H3. The zero-order chi connectivity index (χ0) is 10.9. The highest BCUT2D eigenvalue weighted by Crippen LogP contribution is 2.37. The molecule has 0 spiro atoms. The van der Waals surface area contributed by atoms with Crippen LogP contribution >= 0.6 is 11.6 Å². The number of halogens is 3. The molecular formula is C10H11ClF2O. The topological polar surface area (TPSA) is 20.2 Å². The summed E-state index contributed by atoms with van der Waals surface area (Å²) >= 11 is 5.67. The minimum Gasteiger partial charge on any atom is -0.389 e. The molecule has 0 aliphatic rings. The SMILES string of the molecule is CC(O)c1cccc(Cl)c1C(C)(F)F. The Morgan fingerprint density at radius 1 is 1.43 bits per heavy atom. The Labute approximate surface area is 86.3 Å². The summed E-state index contributed by atoms with van der Waals surface area (Å²) in [5.41, 5.74) is -0.123. The van der Waals surface area contributed by atoms with Crippen molar-refractivity contribution in [2.24, 2.45) is 0 Å². The van der Waals surface area contributed by atoms with Gasteiger partial charge in [-0.3, -0.25) is 0 Å². The summed E-state index contributed by atoms with van der Waals surface area (Å²) in [7, 11) is 0. The molecule has 0 fully saturated rings. The molecule has 0 aromatic heterocycles. The van der Waals surface area contributed by atoms with Gasteiger partial charge in [0.2, 0.25) is 0 Å². The maximum Gasteiger partial charge on any atom is 0.272 e. The fourth-order valence-corrected chi connectivity index (χ4v) is 1.70. The van der Waals surface area contributed by atoms with Crippen LogP contribution in [0.15, 0.2) is 18.2 Å². The van der Waals surface area contributed by atoms with E-state index < -0.39 is 12.0 Å². The summed E-state index contributed by atoms with van der Waals surface area (Å²) in [6.07, 6.45) is -0.950. The van der Waals surface area contributed by atoms with E-state index >= 15 is 0 Å². The number of aliphatic hydroxyl groups is 1. The molecule has 1 nitrogen and oxygen atoms in total. The molecule has 0 radical (unpaired) electrons. The zero-order valence-electron chi connectivity index (χ0n) is 7.89. The lowest BCUT2D eigenvalue weighted by molar-refractivity contribution is 0.0142. The Kier molecular flexibility index (Phi) is 3.12. The summed E-state index contributed by atoms with van der Waals surface area (Å²) in [6, 6.07) is 4.38. The summed E-state index contributed by atoms with van der Waals surface area (Å²) in [5, 5.41) is 9.28. The van der Waals surface area contributed by atoms with Crippen molar-refractivity contribution in [1.29, 1.82) is 0 Å². The number of hydrogen-bond donors (Lipinski definition) is 1. The molecule has 1 N–H and O–H groups in total. The van der Waals surface area contributed by atoms with E-state index in [1.54, 1.807) is 6.07 Å². The first-order valence-electron chi connectivity index (χ1n) is 4.19. The van der Waals surface area contributed by atoms with Gasteiger partial charge in [0.25, 0.3) is 5.92 Å². The van der Waals surface area contributed by atoms with Gasteiger partial charge in [-0.2, -0.15) is 0 Å². The zero-order valence-corrected chi connectivity index (χ0v) is 8.65. The van der Waals surface area contributed by atoms with Gasteiger partial charge in [-0.15, -0.1) is 0 Å². The lowest BCUT2D eigenvalue weighted by atomic mass is 9.99. The molecule has 0 heterocycles. The minimum atomic E-state index is -3.04. The van der Waals surface area contributed by atoms with Gasteiger partial charge in [0.05, 0.1) is 11.1 Å². The molecule has 78 valence electrons. The van der Waals surface area contributed by atoms with Crippen LogP contribution < -0.4 is 0 Å².